The first-order valence-corrected chi connectivity index (χ1v) is 27.8. The van der Waals surface area contributed by atoms with E-state index < -0.39 is 25.0 Å². The largest absolute Gasteiger partial charge is 0.497 e. The number of carbonyl (C=O) groups excluding carboxylic acids is 2. The van der Waals surface area contributed by atoms with Crippen LogP contribution in [0.2, 0.25) is 5.02 Å². The molecule has 0 fully saturated rings. The molecule has 0 atom stereocenters. The van der Waals surface area contributed by atoms with Crippen LogP contribution in [0, 0.1) is 6.92 Å². The van der Waals surface area contributed by atoms with E-state index in [1.807, 2.05) is 0 Å². The lowest BCUT2D eigenvalue weighted by molar-refractivity contribution is -0.120. The zero-order chi connectivity index (χ0) is 49.3. The Morgan fingerprint density at radius 2 is 1.55 bits per heavy atom. The zero-order valence-corrected chi connectivity index (χ0v) is 42.1. The van der Waals surface area contributed by atoms with Crippen LogP contribution in [0.25, 0.3) is 16.5 Å². The number of hydrogen-bond acceptors (Lipinski definition) is 9. The number of carbonyl (C=O) groups is 2. The van der Waals surface area contributed by atoms with Crippen LogP contribution in [0.1, 0.15) is 93.5 Å². The van der Waals surface area contributed by atoms with Crippen molar-refractivity contribution in [3.05, 3.63) is 139 Å². The van der Waals surface area contributed by atoms with E-state index in [9.17, 15) is 31.0 Å². The highest BCUT2D eigenvalue weighted by atomic mass is 35.5. The summed E-state index contributed by atoms with van der Waals surface area (Å²) < 4.78 is 85.1. The van der Waals surface area contributed by atoms with Crippen LogP contribution >= 0.6 is 11.6 Å². The molecule has 3 N–H and O–H groups in total. The molecule has 14 nitrogen and oxygen atoms in total. The monoisotopic (exact) mass is 1020 g/mol. The first-order chi connectivity index (χ1) is 34.2. The van der Waals surface area contributed by atoms with E-state index in [0.29, 0.717) is 68.4 Å². The van der Waals surface area contributed by atoms with Gasteiger partial charge in [-0.2, -0.15) is 8.42 Å². The van der Waals surface area contributed by atoms with Gasteiger partial charge in [0.1, 0.15) is 35.2 Å². The summed E-state index contributed by atoms with van der Waals surface area (Å²) in [6.45, 7) is 5.93. The van der Waals surface area contributed by atoms with Crippen molar-refractivity contribution in [1.29, 1.82) is 0 Å². The van der Waals surface area contributed by atoms with Crippen molar-refractivity contribution in [2.75, 3.05) is 51.3 Å². The van der Waals surface area contributed by atoms with Crippen LogP contribution in [0.4, 0.5) is 5.69 Å². The number of anilines is 1. The van der Waals surface area contributed by atoms with Gasteiger partial charge in [0.15, 0.2) is 0 Å². The number of nitrogens with zero attached hydrogens (tertiary/aromatic N) is 3. The van der Waals surface area contributed by atoms with Gasteiger partial charge in [-0.3, -0.25) is 18.7 Å². The summed E-state index contributed by atoms with van der Waals surface area (Å²) in [4.78, 5) is 28.8. The number of hydrogen-bond donors (Lipinski definition) is 3. The second-order valence-corrected chi connectivity index (χ2v) is 22.8. The van der Waals surface area contributed by atoms with Gasteiger partial charge < -0.3 is 19.7 Å². The number of sulfonamides is 1. The average molecular weight is 1020 g/mol. The molecule has 17 heteroatoms. The minimum Gasteiger partial charge on any atom is -0.497 e. The molecule has 0 saturated heterocycles. The predicted molar refractivity (Wildman–Crippen MR) is 272 cm³/mol. The molecular formula is C54H55ClN5O9S2+. The fourth-order valence-corrected chi connectivity index (χ4v) is 13.7. The molecule has 0 spiro atoms. The van der Waals surface area contributed by atoms with Gasteiger partial charge in [0.05, 0.1) is 29.5 Å². The van der Waals surface area contributed by atoms with Crippen LogP contribution in [-0.2, 0) is 57.0 Å². The third kappa shape index (κ3) is 8.50. The third-order valence-corrected chi connectivity index (χ3v) is 17.5. The van der Waals surface area contributed by atoms with Crippen LogP contribution in [0.15, 0.2) is 82.6 Å². The number of amides is 1. The Hall–Kier alpha value is -6.04. The Morgan fingerprint density at radius 1 is 0.817 bits per heavy atom. The van der Waals surface area contributed by atoms with Crippen molar-refractivity contribution in [2.24, 2.45) is 0 Å². The number of unbranched alkanes of at least 4 members (excludes halogenated alkanes) is 1. The number of methoxy groups -OCH3 is 1. The molecule has 0 unspecified atom stereocenters. The summed E-state index contributed by atoms with van der Waals surface area (Å²) in [5, 5.41) is 6.10. The standard InChI is InChI=1S/C54H54ClN5O9S2/c1-32-42(43-29-37(68-2)17-20-46(43)60(32)54(62)33-13-15-36(55)16-14-33)31-48(61)56-21-3-4-22-57-70(63,64)38-18-19-39(47(30-38)71(65,66)67)49-44-27-34-9-5-23-58-25-7-11-40(50(34)58)52(44)69-53-41-12-8-26-59-24-6-10-35(51(41)59)28-45(49)53/h13-20,27-30,57H,3-12,21-26,31H2,1-2H3,(H-,56,61,65,66,67)/p+1. The van der Waals surface area contributed by atoms with Crippen LogP contribution in [0.3, 0.4) is 0 Å². The molecule has 1 amide bonds. The van der Waals surface area contributed by atoms with Gasteiger partial charge in [-0.05, 0) is 136 Å². The number of rotatable bonds is 13. The van der Waals surface area contributed by atoms with Gasteiger partial charge in [0.25, 0.3) is 16.0 Å². The van der Waals surface area contributed by atoms with Gasteiger partial charge in [-0.15, -0.1) is 0 Å². The van der Waals surface area contributed by atoms with E-state index >= 15 is 0 Å². The Morgan fingerprint density at radius 3 is 2.32 bits per heavy atom. The Labute approximate surface area is 417 Å². The first kappa shape index (κ1) is 47.3. The molecule has 368 valence electrons. The molecule has 11 rings (SSSR count). The zero-order valence-electron chi connectivity index (χ0n) is 39.7. The predicted octanol–water partition coefficient (Wildman–Crippen LogP) is 6.40. The van der Waals surface area contributed by atoms with Crippen molar-refractivity contribution in [3.63, 3.8) is 0 Å². The SMILES string of the molecule is COc1ccc2c(c1)c(CC(=O)NCCCCNS(=O)(=O)c1ccc(C3=c4cc5c6c(c4Oc4c3cc3c7c4CCCN7CCC3)CCC[N+]=6CCC5)c(S(=O)(=O)O)c1)c(C)n2C(=O)c1ccc(Cl)cc1. The maximum Gasteiger partial charge on any atom is 0.295 e. The number of ether oxygens (including phenoxy) is 2. The van der Waals surface area contributed by atoms with Crippen molar-refractivity contribution >= 4 is 65.7 Å². The molecule has 5 aliphatic heterocycles. The lowest BCUT2D eigenvalue weighted by Crippen LogP contribution is -2.45. The molecule has 6 heterocycles. The minimum atomic E-state index is -4.97. The molecule has 6 aromatic rings. The number of benzene rings is 5. The number of aryl methyl sites for hydroxylation is 2. The highest BCUT2D eigenvalue weighted by Gasteiger charge is 2.37. The highest BCUT2D eigenvalue weighted by Crippen LogP contribution is 2.49. The molecule has 0 saturated carbocycles. The molecule has 0 aliphatic carbocycles. The van der Waals surface area contributed by atoms with Crippen LogP contribution in [0.5, 0.6) is 17.2 Å². The third-order valence-electron chi connectivity index (χ3n) is 14.9. The van der Waals surface area contributed by atoms with Gasteiger partial charge >= 0.3 is 0 Å². The Balaban J connectivity index is 0.839. The van der Waals surface area contributed by atoms with Crippen LogP contribution < -0.4 is 39.6 Å². The normalized spacial score (nSPS) is 15.9. The Kier molecular flexibility index (Phi) is 12.3. The molecule has 0 bridgehead atoms. The lowest BCUT2D eigenvalue weighted by Gasteiger charge is -2.39. The fourth-order valence-electron chi connectivity index (χ4n) is 11.7. The van der Waals surface area contributed by atoms with Crippen molar-refractivity contribution in [2.45, 2.75) is 87.3 Å². The maximum absolute atomic E-state index is 13.9. The second-order valence-electron chi connectivity index (χ2n) is 19.2. The average Bonchev–Trinajstić information content (AvgIpc) is 3.63. The number of aromatic nitrogens is 1. The molecule has 71 heavy (non-hydrogen) atoms. The van der Waals surface area contributed by atoms with Gasteiger partial charge in [0.2, 0.25) is 21.3 Å². The highest BCUT2D eigenvalue weighted by molar-refractivity contribution is 7.89. The van der Waals surface area contributed by atoms with Crippen LogP contribution in [-0.4, -0.2) is 84.1 Å². The summed E-state index contributed by atoms with van der Waals surface area (Å²) in [7, 11) is -7.68. The van der Waals surface area contributed by atoms with Gasteiger partial charge in [0, 0.05) is 99.4 Å². The number of fused-ring (bicyclic) bond motifs is 5. The van der Waals surface area contributed by atoms with E-state index in [0.717, 1.165) is 106 Å². The lowest BCUT2D eigenvalue weighted by atomic mass is 9.82. The molecule has 5 aliphatic rings. The smallest absolute Gasteiger partial charge is 0.295 e. The maximum atomic E-state index is 13.9. The quantitative estimate of drug-likeness (QED) is 0.0666. The van der Waals surface area contributed by atoms with E-state index in [1.54, 1.807) is 61.1 Å². The number of nitrogens with one attached hydrogen (secondary N) is 2. The molecular weight excluding hydrogens is 962 g/mol. The molecule has 5 aromatic carbocycles. The van der Waals surface area contributed by atoms with E-state index in [4.69, 9.17) is 21.1 Å². The van der Waals surface area contributed by atoms with E-state index in [2.05, 4.69) is 31.6 Å². The van der Waals surface area contributed by atoms with Crippen molar-refractivity contribution in [1.82, 2.24) is 19.2 Å². The summed E-state index contributed by atoms with van der Waals surface area (Å²) in [6.07, 6.45) is 8.06. The Bertz CT molecular complexity index is 3600. The van der Waals surface area contributed by atoms with Crippen molar-refractivity contribution < 1.29 is 40.5 Å². The van der Waals surface area contributed by atoms with E-state index in [1.165, 1.54) is 34.3 Å². The molecule has 0 radical (unpaired) electrons. The summed E-state index contributed by atoms with van der Waals surface area (Å²) >= 11 is 6.08. The summed E-state index contributed by atoms with van der Waals surface area (Å²) in [6, 6.07) is 20.2. The number of halogens is 1. The summed E-state index contributed by atoms with van der Waals surface area (Å²) in [5.74, 6) is 1.46. The first-order valence-electron chi connectivity index (χ1n) is 24.5. The van der Waals surface area contributed by atoms with Gasteiger partial charge in [-0.25, -0.2) is 17.7 Å². The van der Waals surface area contributed by atoms with Gasteiger partial charge in [-0.1, -0.05) is 17.7 Å². The van der Waals surface area contributed by atoms with Crippen molar-refractivity contribution in [3.8, 4) is 17.2 Å². The summed E-state index contributed by atoms with van der Waals surface area (Å²) in [5.41, 5.74) is 9.74. The second kappa shape index (κ2) is 18.5. The van der Waals surface area contributed by atoms with E-state index in [-0.39, 0.29) is 41.8 Å². The topological polar surface area (TPSA) is 176 Å². The minimum absolute atomic E-state index is 0.00559. The fraction of sp³-hybridized carbons (Fsp3) is 0.352. The molecule has 1 aromatic heterocycles.